The molecule has 1 aliphatic rings. The number of primary amides is 1. The van der Waals surface area contributed by atoms with Gasteiger partial charge in [0.25, 0.3) is 0 Å². The van der Waals surface area contributed by atoms with Gasteiger partial charge in [-0.3, -0.25) is 14.4 Å². The van der Waals surface area contributed by atoms with Gasteiger partial charge in [-0.05, 0) is 29.9 Å². The molecule has 8 nitrogen and oxygen atoms in total. The van der Waals surface area contributed by atoms with Crippen molar-refractivity contribution >= 4 is 23.7 Å². The number of ether oxygens (including phenoxy) is 1. The summed E-state index contributed by atoms with van der Waals surface area (Å²) in [6.07, 6.45) is 1.39. The maximum atomic E-state index is 13.1. The molecule has 2 aromatic carbocycles. The van der Waals surface area contributed by atoms with Gasteiger partial charge in [-0.2, -0.15) is 0 Å². The summed E-state index contributed by atoms with van der Waals surface area (Å²) in [7, 11) is 0. The van der Waals surface area contributed by atoms with Gasteiger partial charge in [0.1, 0.15) is 24.5 Å². The number of hydrogen-bond acceptors (Lipinski definition) is 5. The maximum Gasteiger partial charge on any atom is 0.408 e. The first-order valence-corrected chi connectivity index (χ1v) is 11.0. The van der Waals surface area contributed by atoms with E-state index in [9.17, 15) is 19.2 Å². The van der Waals surface area contributed by atoms with Gasteiger partial charge in [0.2, 0.25) is 11.8 Å². The number of ketones is 1. The van der Waals surface area contributed by atoms with Crippen LogP contribution in [0, 0.1) is 5.92 Å². The van der Waals surface area contributed by atoms with Crippen LogP contribution in [0.5, 0.6) is 0 Å². The number of rotatable bonds is 9. The summed E-state index contributed by atoms with van der Waals surface area (Å²) >= 11 is 0. The van der Waals surface area contributed by atoms with E-state index in [0.29, 0.717) is 19.3 Å². The molecule has 0 unspecified atom stereocenters. The van der Waals surface area contributed by atoms with Crippen molar-refractivity contribution in [1.29, 1.82) is 0 Å². The fraction of sp³-hybridized carbons (Fsp3) is 0.360. The Bertz CT molecular complexity index is 965. The fourth-order valence-electron chi connectivity index (χ4n) is 3.98. The highest BCUT2D eigenvalue weighted by molar-refractivity contribution is 5.91. The Morgan fingerprint density at radius 2 is 1.61 bits per heavy atom. The highest BCUT2D eigenvalue weighted by Gasteiger charge is 2.34. The minimum absolute atomic E-state index is 0.0511. The van der Waals surface area contributed by atoms with E-state index in [1.165, 1.54) is 0 Å². The summed E-state index contributed by atoms with van der Waals surface area (Å²) in [5.41, 5.74) is 7.19. The van der Waals surface area contributed by atoms with Gasteiger partial charge >= 0.3 is 6.09 Å². The molecular weight excluding hydrogens is 422 g/mol. The molecule has 4 N–H and O–H groups in total. The SMILES string of the molecule is NC(=O)[C@H](NC(=O)[C@@H](Cc1ccccc1)NC(=O)OCc1ccccc1)[C@@H]1CCCC(=O)C1. The molecule has 0 bridgehead atoms. The highest BCUT2D eigenvalue weighted by atomic mass is 16.5. The van der Waals surface area contributed by atoms with Crippen molar-refractivity contribution in [3.05, 3.63) is 71.8 Å². The number of hydrogen-bond donors (Lipinski definition) is 3. The number of nitrogens with two attached hydrogens (primary N) is 1. The zero-order chi connectivity index (χ0) is 23.6. The Labute approximate surface area is 192 Å². The second-order valence-electron chi connectivity index (χ2n) is 8.23. The largest absolute Gasteiger partial charge is 0.445 e. The van der Waals surface area contributed by atoms with Crippen molar-refractivity contribution in [2.75, 3.05) is 0 Å². The predicted molar refractivity (Wildman–Crippen MR) is 122 cm³/mol. The number of carbonyl (C=O) groups is 4. The zero-order valence-electron chi connectivity index (χ0n) is 18.4. The van der Waals surface area contributed by atoms with Crippen LogP contribution in [0.4, 0.5) is 4.79 Å². The van der Waals surface area contributed by atoms with E-state index in [4.69, 9.17) is 10.5 Å². The van der Waals surface area contributed by atoms with E-state index in [1.54, 1.807) is 0 Å². The van der Waals surface area contributed by atoms with Crippen molar-refractivity contribution in [1.82, 2.24) is 10.6 Å². The molecule has 1 saturated carbocycles. The van der Waals surface area contributed by atoms with Crippen molar-refractivity contribution in [2.24, 2.45) is 11.7 Å². The first kappa shape index (κ1) is 24.0. The average molecular weight is 452 g/mol. The van der Waals surface area contributed by atoms with Gasteiger partial charge in [0, 0.05) is 19.3 Å². The quantitative estimate of drug-likeness (QED) is 0.539. The third-order valence-electron chi connectivity index (χ3n) is 5.70. The van der Waals surface area contributed by atoms with Crippen LogP contribution in [0.25, 0.3) is 0 Å². The second-order valence-corrected chi connectivity index (χ2v) is 8.23. The topological polar surface area (TPSA) is 128 Å². The first-order chi connectivity index (χ1) is 15.9. The minimum atomic E-state index is -0.989. The molecule has 0 spiro atoms. The lowest BCUT2D eigenvalue weighted by Gasteiger charge is -2.29. The Kier molecular flexibility index (Phi) is 8.57. The van der Waals surface area contributed by atoms with Gasteiger partial charge in [-0.1, -0.05) is 60.7 Å². The normalized spacial score (nSPS) is 17.5. The lowest BCUT2D eigenvalue weighted by atomic mass is 9.82. The van der Waals surface area contributed by atoms with Crippen LogP contribution in [0.2, 0.25) is 0 Å². The summed E-state index contributed by atoms with van der Waals surface area (Å²) in [6, 6.07) is 16.4. The van der Waals surface area contributed by atoms with Crippen LogP contribution in [0.15, 0.2) is 60.7 Å². The first-order valence-electron chi connectivity index (χ1n) is 11.0. The Balaban J connectivity index is 1.68. The van der Waals surface area contributed by atoms with E-state index in [0.717, 1.165) is 11.1 Å². The van der Waals surface area contributed by atoms with Gasteiger partial charge in [-0.25, -0.2) is 4.79 Å². The Morgan fingerprint density at radius 3 is 2.21 bits per heavy atom. The van der Waals surface area contributed by atoms with E-state index in [2.05, 4.69) is 10.6 Å². The third-order valence-corrected chi connectivity index (χ3v) is 5.70. The van der Waals surface area contributed by atoms with E-state index >= 15 is 0 Å². The molecule has 3 amide bonds. The van der Waals surface area contributed by atoms with Gasteiger partial charge in [-0.15, -0.1) is 0 Å². The number of carbonyl (C=O) groups excluding carboxylic acids is 4. The van der Waals surface area contributed by atoms with Crippen molar-refractivity contribution in [3.8, 4) is 0 Å². The van der Waals surface area contributed by atoms with E-state index in [1.807, 2.05) is 60.7 Å². The molecule has 1 fully saturated rings. The number of Topliss-reactive ketones (excluding diaryl/α,β-unsaturated/α-hetero) is 1. The minimum Gasteiger partial charge on any atom is -0.445 e. The van der Waals surface area contributed by atoms with Gasteiger partial charge < -0.3 is 21.1 Å². The van der Waals surface area contributed by atoms with E-state index < -0.39 is 30.0 Å². The zero-order valence-corrected chi connectivity index (χ0v) is 18.4. The average Bonchev–Trinajstić information content (AvgIpc) is 2.82. The van der Waals surface area contributed by atoms with Crippen molar-refractivity contribution in [2.45, 2.75) is 50.8 Å². The number of alkyl carbamates (subject to hydrolysis) is 1. The summed E-state index contributed by atoms with van der Waals surface area (Å²) in [5.74, 6) is -1.56. The second kappa shape index (κ2) is 11.8. The molecule has 0 radical (unpaired) electrons. The molecule has 1 aliphatic carbocycles. The van der Waals surface area contributed by atoms with Gasteiger partial charge in [0.05, 0.1) is 0 Å². The van der Waals surface area contributed by atoms with Crippen LogP contribution in [-0.2, 0) is 32.1 Å². The lowest BCUT2D eigenvalue weighted by Crippen LogP contribution is -2.56. The predicted octanol–water partition coefficient (Wildman–Crippen LogP) is 2.25. The highest BCUT2D eigenvalue weighted by Crippen LogP contribution is 2.24. The molecule has 2 aromatic rings. The standard InChI is InChI=1S/C25H29N3O5/c26-23(30)22(19-12-7-13-20(29)15-19)28-24(31)21(14-17-8-3-1-4-9-17)27-25(32)33-16-18-10-5-2-6-11-18/h1-6,8-11,19,21-22H,7,12-16H2,(H2,26,30)(H,27,32)(H,28,31)/t19-,21-,22-/m1/s1. The Morgan fingerprint density at radius 1 is 0.970 bits per heavy atom. The molecule has 0 saturated heterocycles. The molecule has 0 aromatic heterocycles. The maximum absolute atomic E-state index is 13.1. The third kappa shape index (κ3) is 7.45. The van der Waals surface area contributed by atoms with Crippen molar-refractivity contribution < 1.29 is 23.9 Å². The van der Waals surface area contributed by atoms with E-state index in [-0.39, 0.29) is 31.1 Å². The number of benzene rings is 2. The molecule has 174 valence electrons. The fourth-order valence-corrected chi connectivity index (χ4v) is 3.98. The molecule has 3 atom stereocenters. The summed E-state index contributed by atoms with van der Waals surface area (Å²) in [5, 5.41) is 5.27. The molecule has 0 aliphatic heterocycles. The number of amides is 3. The Hall–Kier alpha value is -3.68. The van der Waals surface area contributed by atoms with Gasteiger partial charge in [0.15, 0.2) is 0 Å². The van der Waals surface area contributed by atoms with Crippen LogP contribution in [0.1, 0.15) is 36.8 Å². The molecule has 8 heteroatoms. The summed E-state index contributed by atoms with van der Waals surface area (Å²) in [6.45, 7) is 0.0560. The van der Waals surface area contributed by atoms with Crippen LogP contribution in [0.3, 0.4) is 0 Å². The number of nitrogens with one attached hydrogen (secondary N) is 2. The molecular formula is C25H29N3O5. The summed E-state index contributed by atoms with van der Waals surface area (Å²) in [4.78, 5) is 49.5. The van der Waals surface area contributed by atoms with Crippen molar-refractivity contribution in [3.63, 3.8) is 0 Å². The molecule has 0 heterocycles. The lowest BCUT2D eigenvalue weighted by molar-refractivity contribution is -0.131. The van der Waals surface area contributed by atoms with Crippen LogP contribution >= 0.6 is 0 Å². The smallest absolute Gasteiger partial charge is 0.408 e. The van der Waals surface area contributed by atoms with Crippen LogP contribution < -0.4 is 16.4 Å². The monoisotopic (exact) mass is 451 g/mol. The van der Waals surface area contributed by atoms with Crippen LogP contribution in [-0.4, -0.2) is 35.8 Å². The molecule has 3 rings (SSSR count). The molecule has 33 heavy (non-hydrogen) atoms. The summed E-state index contributed by atoms with van der Waals surface area (Å²) < 4.78 is 5.26.